The molecule has 1 N–H and O–H groups in total. The Morgan fingerprint density at radius 3 is 2.86 bits per heavy atom. The van der Waals surface area contributed by atoms with Crippen LogP contribution in [0.15, 0.2) is 0 Å². The summed E-state index contributed by atoms with van der Waals surface area (Å²) in [5.41, 5.74) is 3.20. The van der Waals surface area contributed by atoms with Crippen LogP contribution >= 0.6 is 11.9 Å². The summed E-state index contributed by atoms with van der Waals surface area (Å²) in [5.74, 6) is 0. The van der Waals surface area contributed by atoms with Crippen LogP contribution in [0.5, 0.6) is 0 Å². The molecule has 0 aromatic heterocycles. The zero-order valence-corrected chi connectivity index (χ0v) is 5.29. The predicted octanol–water partition coefficient (Wildman–Crippen LogP) is 0.475. The maximum atomic E-state index is 3.20. The van der Waals surface area contributed by atoms with Gasteiger partial charge < -0.3 is 0 Å². The lowest BCUT2D eigenvalue weighted by molar-refractivity contribution is 0.462. The molecule has 1 saturated heterocycles. The van der Waals surface area contributed by atoms with Gasteiger partial charge >= 0.3 is 0 Å². The summed E-state index contributed by atoms with van der Waals surface area (Å²) in [6, 6.07) is 0. The third kappa shape index (κ3) is 1.33. The summed E-state index contributed by atoms with van der Waals surface area (Å²) in [7, 11) is 0. The molecular formula is C4H10N2S. The molecular weight excluding hydrogens is 108 g/mol. The molecule has 0 radical (unpaired) electrons. The van der Waals surface area contributed by atoms with E-state index in [2.05, 4.69) is 16.1 Å². The highest BCUT2D eigenvalue weighted by atomic mass is 32.2. The van der Waals surface area contributed by atoms with E-state index in [4.69, 9.17) is 0 Å². The summed E-state index contributed by atoms with van der Waals surface area (Å²) >= 11 is 1.75. The maximum absolute atomic E-state index is 3.20. The van der Waals surface area contributed by atoms with Crippen molar-refractivity contribution in [1.82, 2.24) is 9.84 Å². The van der Waals surface area contributed by atoms with Crippen LogP contribution in [-0.2, 0) is 0 Å². The van der Waals surface area contributed by atoms with Crippen LogP contribution in [0, 0.1) is 0 Å². The first-order valence-corrected chi connectivity index (χ1v) is 3.67. The summed E-state index contributed by atoms with van der Waals surface area (Å²) in [6.07, 6.45) is 3.37. The Labute approximate surface area is 48.4 Å². The van der Waals surface area contributed by atoms with Crippen molar-refractivity contribution in [3.8, 4) is 0 Å². The van der Waals surface area contributed by atoms with Gasteiger partial charge in [-0.05, 0) is 12.7 Å². The minimum Gasteiger partial charge on any atom is -0.245 e. The number of hydrogen-bond donors (Lipinski definition) is 1. The summed E-state index contributed by atoms with van der Waals surface area (Å²) in [4.78, 5) is 0. The SMILES string of the molecule is CSN1CCCN1. The Morgan fingerprint density at radius 1 is 1.71 bits per heavy atom. The van der Waals surface area contributed by atoms with Crippen LogP contribution in [0.4, 0.5) is 0 Å². The first kappa shape index (κ1) is 5.41. The molecule has 0 saturated carbocycles. The second-order valence-corrected chi connectivity index (χ2v) is 2.35. The molecule has 1 aliphatic rings. The second-order valence-electron chi connectivity index (χ2n) is 1.55. The number of rotatable bonds is 1. The largest absolute Gasteiger partial charge is 0.245 e. The standard InChI is InChI=1S/C4H10N2S/c1-7-6-4-2-3-5-6/h5H,2-4H2,1H3. The Kier molecular flexibility index (Phi) is 1.97. The average Bonchev–Trinajstić information content (AvgIpc) is 2.14. The van der Waals surface area contributed by atoms with Crippen LogP contribution in [0.3, 0.4) is 0 Å². The van der Waals surface area contributed by atoms with E-state index >= 15 is 0 Å². The van der Waals surface area contributed by atoms with Crippen molar-refractivity contribution in [2.75, 3.05) is 19.3 Å². The molecule has 0 spiro atoms. The van der Waals surface area contributed by atoms with E-state index < -0.39 is 0 Å². The fraction of sp³-hybridized carbons (Fsp3) is 1.00. The molecule has 0 amide bonds. The van der Waals surface area contributed by atoms with Crippen LogP contribution in [0.1, 0.15) is 6.42 Å². The molecule has 7 heavy (non-hydrogen) atoms. The molecule has 0 atom stereocenters. The van der Waals surface area contributed by atoms with Gasteiger partial charge in [0, 0.05) is 13.1 Å². The molecule has 0 unspecified atom stereocenters. The minimum atomic E-state index is 1.15. The maximum Gasteiger partial charge on any atom is 0.0257 e. The molecule has 2 nitrogen and oxygen atoms in total. The van der Waals surface area contributed by atoms with Gasteiger partial charge in [-0.3, -0.25) is 0 Å². The Hall–Kier alpha value is 0.270. The van der Waals surface area contributed by atoms with Crippen molar-refractivity contribution in [1.29, 1.82) is 0 Å². The molecule has 1 aliphatic heterocycles. The van der Waals surface area contributed by atoms with E-state index in [-0.39, 0.29) is 0 Å². The molecule has 1 heterocycles. The van der Waals surface area contributed by atoms with Gasteiger partial charge in [0.2, 0.25) is 0 Å². The normalized spacial score (nSPS) is 23.6. The van der Waals surface area contributed by atoms with E-state index in [0.717, 1.165) is 6.54 Å². The van der Waals surface area contributed by atoms with Gasteiger partial charge in [-0.25, -0.2) is 5.43 Å². The molecule has 0 aromatic rings. The molecule has 1 fully saturated rings. The van der Waals surface area contributed by atoms with Crippen LogP contribution in [0.25, 0.3) is 0 Å². The van der Waals surface area contributed by atoms with Gasteiger partial charge in [0.05, 0.1) is 0 Å². The van der Waals surface area contributed by atoms with Gasteiger partial charge in [-0.2, -0.15) is 4.41 Å². The summed E-state index contributed by atoms with van der Waals surface area (Å²) < 4.78 is 2.15. The average molecular weight is 118 g/mol. The van der Waals surface area contributed by atoms with Crippen molar-refractivity contribution in [3.63, 3.8) is 0 Å². The molecule has 42 valence electrons. The first-order chi connectivity index (χ1) is 3.43. The molecule has 0 bridgehead atoms. The van der Waals surface area contributed by atoms with Crippen LogP contribution in [0.2, 0.25) is 0 Å². The fourth-order valence-electron chi connectivity index (χ4n) is 0.661. The van der Waals surface area contributed by atoms with Crippen molar-refractivity contribution in [2.45, 2.75) is 6.42 Å². The van der Waals surface area contributed by atoms with Gasteiger partial charge in [0.15, 0.2) is 0 Å². The van der Waals surface area contributed by atoms with Crippen molar-refractivity contribution in [2.24, 2.45) is 0 Å². The third-order valence-electron chi connectivity index (χ3n) is 1.05. The minimum absolute atomic E-state index is 1.15. The van der Waals surface area contributed by atoms with E-state index in [1.54, 1.807) is 11.9 Å². The van der Waals surface area contributed by atoms with Gasteiger partial charge in [-0.1, -0.05) is 11.9 Å². The number of hydrazine groups is 1. The molecule has 0 aliphatic carbocycles. The fourth-order valence-corrected chi connectivity index (χ4v) is 1.19. The lowest BCUT2D eigenvalue weighted by Crippen LogP contribution is -2.22. The number of hydrogen-bond acceptors (Lipinski definition) is 3. The number of nitrogens with one attached hydrogen (secondary N) is 1. The number of nitrogens with zero attached hydrogens (tertiary/aromatic N) is 1. The smallest absolute Gasteiger partial charge is 0.0257 e. The van der Waals surface area contributed by atoms with E-state index in [1.165, 1.54) is 13.0 Å². The monoisotopic (exact) mass is 118 g/mol. The zero-order valence-electron chi connectivity index (χ0n) is 4.48. The topological polar surface area (TPSA) is 15.3 Å². The van der Waals surface area contributed by atoms with Gasteiger partial charge in [-0.15, -0.1) is 0 Å². The van der Waals surface area contributed by atoms with Crippen LogP contribution < -0.4 is 5.43 Å². The quantitative estimate of drug-likeness (QED) is 0.504. The van der Waals surface area contributed by atoms with Crippen molar-refractivity contribution < 1.29 is 0 Å². The zero-order chi connectivity index (χ0) is 5.11. The predicted molar refractivity (Wildman–Crippen MR) is 32.8 cm³/mol. The Morgan fingerprint density at radius 2 is 2.57 bits per heavy atom. The summed E-state index contributed by atoms with van der Waals surface area (Å²) in [6.45, 7) is 2.35. The molecule has 3 heteroatoms. The van der Waals surface area contributed by atoms with Gasteiger partial charge in [0.25, 0.3) is 0 Å². The lowest BCUT2D eigenvalue weighted by atomic mass is 10.5. The Balaban J connectivity index is 2.14. The highest BCUT2D eigenvalue weighted by Crippen LogP contribution is 2.05. The van der Waals surface area contributed by atoms with E-state index in [9.17, 15) is 0 Å². The van der Waals surface area contributed by atoms with Crippen LogP contribution in [-0.4, -0.2) is 23.8 Å². The highest BCUT2D eigenvalue weighted by Gasteiger charge is 2.06. The second kappa shape index (κ2) is 2.55. The van der Waals surface area contributed by atoms with E-state index in [1.807, 2.05) is 0 Å². The molecule has 1 rings (SSSR count). The van der Waals surface area contributed by atoms with Gasteiger partial charge in [0.1, 0.15) is 0 Å². The van der Waals surface area contributed by atoms with Crippen molar-refractivity contribution in [3.05, 3.63) is 0 Å². The highest BCUT2D eigenvalue weighted by molar-refractivity contribution is 7.96. The third-order valence-corrected chi connectivity index (χ3v) is 1.80. The lowest BCUT2D eigenvalue weighted by Gasteiger charge is -2.07. The Bertz CT molecular complexity index is 51.7. The molecule has 0 aromatic carbocycles. The van der Waals surface area contributed by atoms with Crippen molar-refractivity contribution >= 4 is 11.9 Å². The summed E-state index contributed by atoms with van der Waals surface area (Å²) in [5, 5.41) is 0. The first-order valence-electron chi connectivity index (χ1n) is 2.48. The van der Waals surface area contributed by atoms with E-state index in [0.29, 0.717) is 0 Å².